The van der Waals surface area contributed by atoms with Gasteiger partial charge in [0, 0.05) is 32.9 Å². The molecule has 0 bridgehead atoms. The van der Waals surface area contributed by atoms with Gasteiger partial charge in [-0.2, -0.15) is 0 Å². The molecule has 2 aromatic heterocycles. The highest BCUT2D eigenvalue weighted by Gasteiger charge is 2.13. The van der Waals surface area contributed by atoms with Gasteiger partial charge in [-0.25, -0.2) is 0 Å². The predicted octanol–water partition coefficient (Wildman–Crippen LogP) is 12.6. The van der Waals surface area contributed by atoms with Gasteiger partial charge in [0.15, 0.2) is 0 Å². The Kier molecular flexibility index (Phi) is 9.62. The molecule has 0 atom stereocenters. The van der Waals surface area contributed by atoms with Crippen LogP contribution in [0, 0.1) is 0 Å². The normalized spacial score (nSPS) is 10.5. The van der Waals surface area contributed by atoms with Crippen LogP contribution in [-0.4, -0.2) is 9.13 Å². The van der Waals surface area contributed by atoms with Gasteiger partial charge in [0.2, 0.25) is 0 Å². The molecule has 0 N–H and O–H groups in total. The lowest BCUT2D eigenvalue weighted by atomic mass is 10.0. The summed E-state index contributed by atoms with van der Waals surface area (Å²) in [6.45, 7) is 12.0. The van der Waals surface area contributed by atoms with Crippen LogP contribution in [0.5, 0.6) is 0 Å². The summed E-state index contributed by atoms with van der Waals surface area (Å²) in [4.78, 5) is 0. The average Bonchev–Trinajstić information content (AvgIpc) is 3.64. The van der Waals surface area contributed by atoms with E-state index in [2.05, 4.69) is 155 Å². The first kappa shape index (κ1) is 30.4. The van der Waals surface area contributed by atoms with Crippen LogP contribution in [0.2, 0.25) is 0 Å². The molecule has 6 aromatic carbocycles. The molecule has 0 saturated heterocycles. The number of para-hydroxylation sites is 4. The fraction of sp³-hybridized carbons (Fsp3) is 0.143. The number of rotatable bonds is 3. The number of fused-ring (bicyclic) bond motifs is 6. The highest BCUT2D eigenvalue weighted by atomic mass is 15.0. The lowest BCUT2D eigenvalue weighted by molar-refractivity contribution is 1.18. The van der Waals surface area contributed by atoms with Crippen LogP contribution in [0.3, 0.4) is 0 Å². The van der Waals surface area contributed by atoms with Gasteiger partial charge in [0.1, 0.15) is 0 Å². The molecule has 0 fully saturated rings. The number of hydrogen-bond donors (Lipinski definition) is 0. The number of nitrogens with zero attached hydrogens (tertiary/aromatic N) is 2. The number of benzene rings is 6. The van der Waals surface area contributed by atoms with Gasteiger partial charge in [0.25, 0.3) is 0 Å². The molecule has 0 radical (unpaired) electrons. The Balaban J connectivity index is 0.000000606. The predicted molar refractivity (Wildman–Crippen MR) is 195 cm³/mol. The van der Waals surface area contributed by atoms with Crippen molar-refractivity contribution in [3.63, 3.8) is 0 Å². The summed E-state index contributed by atoms with van der Waals surface area (Å²) in [5.74, 6) is 0. The van der Waals surface area contributed by atoms with E-state index in [4.69, 9.17) is 0 Å². The van der Waals surface area contributed by atoms with Gasteiger partial charge in [0.05, 0.1) is 22.1 Å². The second kappa shape index (κ2) is 13.9. The molecule has 8 aromatic rings. The van der Waals surface area contributed by atoms with Crippen molar-refractivity contribution in [2.75, 3.05) is 0 Å². The lowest BCUT2D eigenvalue weighted by Gasteiger charge is -2.11. The maximum Gasteiger partial charge on any atom is 0.0541 e. The van der Waals surface area contributed by atoms with E-state index in [1.807, 2.05) is 41.5 Å². The summed E-state index contributed by atoms with van der Waals surface area (Å²) in [5, 5.41) is 5.14. The molecule has 2 nitrogen and oxygen atoms in total. The smallest absolute Gasteiger partial charge is 0.0541 e. The molecule has 0 aliphatic carbocycles. The third-order valence-electron chi connectivity index (χ3n) is 7.74. The maximum atomic E-state index is 2.36. The molecule has 44 heavy (non-hydrogen) atoms. The van der Waals surface area contributed by atoms with Crippen molar-refractivity contribution in [3.8, 4) is 22.5 Å². The minimum atomic E-state index is 1.17. The van der Waals surface area contributed by atoms with E-state index < -0.39 is 0 Å². The molecule has 8 rings (SSSR count). The van der Waals surface area contributed by atoms with Gasteiger partial charge in [-0.1, -0.05) is 139 Å². The Morgan fingerprint density at radius 2 is 0.500 bits per heavy atom. The highest BCUT2D eigenvalue weighted by Crippen LogP contribution is 2.34. The van der Waals surface area contributed by atoms with E-state index in [0.717, 1.165) is 0 Å². The average molecular weight is 575 g/mol. The van der Waals surface area contributed by atoms with E-state index in [9.17, 15) is 0 Å². The summed E-state index contributed by atoms with van der Waals surface area (Å²) < 4.78 is 4.72. The van der Waals surface area contributed by atoms with Crippen LogP contribution in [0.15, 0.2) is 146 Å². The first-order valence-corrected chi connectivity index (χ1v) is 16.0. The van der Waals surface area contributed by atoms with Gasteiger partial charge < -0.3 is 9.13 Å². The van der Waals surface area contributed by atoms with Gasteiger partial charge in [-0.15, -0.1) is 0 Å². The molecule has 0 aliphatic heterocycles. The molecular formula is C42H42N2. The fourth-order valence-corrected chi connectivity index (χ4v) is 6.01. The molecular weight excluding hydrogens is 532 g/mol. The lowest BCUT2D eigenvalue weighted by Crippen LogP contribution is -1.94. The van der Waals surface area contributed by atoms with Gasteiger partial charge in [-0.3, -0.25) is 0 Å². The van der Waals surface area contributed by atoms with Crippen molar-refractivity contribution in [3.05, 3.63) is 146 Å². The zero-order valence-corrected chi connectivity index (χ0v) is 26.8. The second-order valence-electron chi connectivity index (χ2n) is 9.83. The Morgan fingerprint density at radius 1 is 0.273 bits per heavy atom. The molecule has 2 heterocycles. The zero-order chi connectivity index (χ0) is 31.1. The molecule has 0 aliphatic rings. The minimum absolute atomic E-state index is 1.17. The van der Waals surface area contributed by atoms with Crippen LogP contribution in [0.1, 0.15) is 41.5 Å². The highest BCUT2D eigenvalue weighted by molar-refractivity contribution is 6.10. The summed E-state index contributed by atoms with van der Waals surface area (Å²) >= 11 is 0. The Bertz CT molecular complexity index is 1850. The third kappa shape index (κ3) is 5.29. The van der Waals surface area contributed by atoms with Crippen molar-refractivity contribution >= 4 is 43.6 Å². The van der Waals surface area contributed by atoms with Crippen molar-refractivity contribution in [1.29, 1.82) is 0 Å². The van der Waals surface area contributed by atoms with Crippen LogP contribution in [0.4, 0.5) is 0 Å². The maximum absolute atomic E-state index is 2.36. The Hall–Kier alpha value is -5.08. The van der Waals surface area contributed by atoms with E-state index in [-0.39, 0.29) is 0 Å². The van der Waals surface area contributed by atoms with E-state index in [1.165, 1.54) is 66.1 Å². The SMILES string of the molecule is CC.CC.CC.c1ccc2c(c1)c1ccccc1n2-c1ccc(-c2ccc(-n3c4ccccc4c4ccccc43)cc2)cc1. The molecule has 2 heteroatoms. The Morgan fingerprint density at radius 3 is 0.750 bits per heavy atom. The number of hydrogen-bond acceptors (Lipinski definition) is 0. The molecule has 0 saturated carbocycles. The molecule has 0 spiro atoms. The largest absolute Gasteiger partial charge is 0.309 e. The zero-order valence-electron chi connectivity index (χ0n) is 26.8. The molecule has 0 amide bonds. The van der Waals surface area contributed by atoms with Crippen molar-refractivity contribution < 1.29 is 0 Å². The number of aromatic nitrogens is 2. The topological polar surface area (TPSA) is 9.86 Å². The fourth-order valence-electron chi connectivity index (χ4n) is 6.01. The first-order valence-electron chi connectivity index (χ1n) is 16.0. The van der Waals surface area contributed by atoms with Crippen LogP contribution >= 0.6 is 0 Å². The van der Waals surface area contributed by atoms with Crippen molar-refractivity contribution in [1.82, 2.24) is 9.13 Å². The van der Waals surface area contributed by atoms with E-state index >= 15 is 0 Å². The van der Waals surface area contributed by atoms with Crippen molar-refractivity contribution in [2.24, 2.45) is 0 Å². The molecule has 220 valence electrons. The van der Waals surface area contributed by atoms with Gasteiger partial charge >= 0.3 is 0 Å². The summed E-state index contributed by atoms with van der Waals surface area (Å²) in [7, 11) is 0. The quantitative estimate of drug-likeness (QED) is 0.199. The van der Waals surface area contributed by atoms with E-state index in [1.54, 1.807) is 0 Å². The standard InChI is InChI=1S/C36H24N2.3C2H6/c1-5-13-33-29(9-1)30-10-2-6-14-34(30)37(33)27-21-17-25(18-22-27)26-19-23-28(24-20-26)38-35-15-7-3-11-31(35)32-12-4-8-16-36(32)38;3*1-2/h1-24H;3*1-2H3. The van der Waals surface area contributed by atoms with Gasteiger partial charge in [-0.05, 0) is 59.7 Å². The summed E-state index contributed by atoms with van der Waals surface area (Å²) in [6.07, 6.45) is 0. The van der Waals surface area contributed by atoms with Crippen molar-refractivity contribution in [2.45, 2.75) is 41.5 Å². The van der Waals surface area contributed by atoms with Crippen LogP contribution in [-0.2, 0) is 0 Å². The minimum Gasteiger partial charge on any atom is -0.309 e. The monoisotopic (exact) mass is 574 g/mol. The second-order valence-corrected chi connectivity index (χ2v) is 9.83. The van der Waals surface area contributed by atoms with E-state index in [0.29, 0.717) is 0 Å². The first-order chi connectivity index (χ1) is 21.9. The molecule has 0 unspecified atom stereocenters. The van der Waals surface area contributed by atoms with Crippen LogP contribution < -0.4 is 0 Å². The Labute approximate surface area is 261 Å². The summed E-state index contributed by atoms with van der Waals surface area (Å²) in [6, 6.07) is 52.4. The summed E-state index contributed by atoms with van der Waals surface area (Å²) in [5.41, 5.74) is 9.70. The third-order valence-corrected chi connectivity index (χ3v) is 7.74. The van der Waals surface area contributed by atoms with Crippen LogP contribution in [0.25, 0.3) is 66.1 Å².